The number of terminal acetylenes is 1. The summed E-state index contributed by atoms with van der Waals surface area (Å²) in [6.45, 7) is 16.4. The van der Waals surface area contributed by atoms with Crippen LogP contribution in [0.25, 0.3) is 10.9 Å². The van der Waals surface area contributed by atoms with Crippen molar-refractivity contribution in [2.24, 2.45) is 0 Å². The van der Waals surface area contributed by atoms with E-state index in [0.29, 0.717) is 10.9 Å². The largest absolute Gasteiger partial charge is 0.520 e. The lowest BCUT2D eigenvalue weighted by Gasteiger charge is -2.30. The Morgan fingerprint density at radius 2 is 1.46 bits per heavy atom. The molecule has 318 valence electrons. The van der Waals surface area contributed by atoms with Crippen LogP contribution in [-0.2, 0) is 45.5 Å². The quantitative estimate of drug-likeness (QED) is 0.100. The summed E-state index contributed by atoms with van der Waals surface area (Å²) in [4.78, 5) is 87.7. The van der Waals surface area contributed by atoms with Gasteiger partial charge in [-0.1, -0.05) is 5.92 Å². The van der Waals surface area contributed by atoms with Crippen molar-refractivity contribution in [1.82, 2.24) is 20.6 Å². The summed E-state index contributed by atoms with van der Waals surface area (Å²) in [5.41, 5.74) is 3.11. The zero-order chi connectivity index (χ0) is 43.9. The van der Waals surface area contributed by atoms with Crippen molar-refractivity contribution in [2.45, 2.75) is 122 Å². The third kappa shape index (κ3) is 13.7. The van der Waals surface area contributed by atoms with E-state index in [9.17, 15) is 33.9 Å². The Labute approximate surface area is 348 Å². The molecule has 4 N–H and O–H groups in total. The molecule has 2 aromatic carbocycles. The average Bonchev–Trinajstić information content (AvgIpc) is 3.53. The van der Waals surface area contributed by atoms with E-state index in [1.54, 1.807) is 24.3 Å². The highest BCUT2D eigenvalue weighted by Gasteiger charge is 2.33. The van der Waals surface area contributed by atoms with Gasteiger partial charge in [-0.05, 0) is 132 Å². The second kappa shape index (κ2) is 19.3. The van der Waals surface area contributed by atoms with E-state index in [2.05, 4.69) is 26.5 Å². The third-order valence-corrected chi connectivity index (χ3v) is 11.5. The number of aryl methyl sites for hydroxylation is 1. The van der Waals surface area contributed by atoms with Crippen LogP contribution < -0.4 is 21.1 Å². The fourth-order valence-corrected chi connectivity index (χ4v) is 8.91. The monoisotopic (exact) mass is 863 g/mol. The van der Waals surface area contributed by atoms with E-state index in [0.717, 1.165) is 29.7 Å². The van der Waals surface area contributed by atoms with Crippen LogP contribution in [0.1, 0.15) is 65.5 Å². The number of nitrogens with zero attached hydrogens (tertiary/aromatic N) is 2. The molecule has 4 rings (SSSR count). The molecule has 0 radical (unpaired) electrons. The Morgan fingerprint density at radius 1 is 0.881 bits per heavy atom. The summed E-state index contributed by atoms with van der Waals surface area (Å²) in [5.74, 6) is -0.0296. The number of hydrogen-bond donors (Lipinski definition) is 4. The highest BCUT2D eigenvalue weighted by atomic mass is 28.4. The molecule has 0 fully saturated rings. The molecule has 2 amide bonds. The molecule has 0 unspecified atom stereocenters. The van der Waals surface area contributed by atoms with E-state index < -0.39 is 66.8 Å². The maximum absolute atomic E-state index is 13.6. The Bertz CT molecular complexity index is 2150. The van der Waals surface area contributed by atoms with Crippen LogP contribution in [-0.4, -0.2) is 88.4 Å². The number of fused-ring (bicyclic) bond motifs is 2. The predicted molar refractivity (Wildman–Crippen MR) is 232 cm³/mol. The number of aliphatic hydroxyl groups is 1. The lowest BCUT2D eigenvalue weighted by atomic mass is 10.0. The number of hydrogen-bond acceptors (Lipinski definition) is 12. The number of carbonyl (C=O) groups is 5. The standard InChI is InChI=1S/C41H57N5O10Si3/c1-11-22-46(34-19-14-27-23-33-30(24-29(27)34)39(51)45-35(25-47)42-33)28-15-12-26(13-16-28)38(50)44-32(41(53)56-59(8,9)10)17-20-36(48)43-31(40(52)55-58(5,6)7)18-21-37(49)54-57(2,3)4/h1,12-13,15-16,23-24,31-32,34,47H,14,17-22,25H2,2-10H3,(H,43,48)(H,44,50)(H,42,45,51)/t31-,32+,34+/m1/s1. The lowest BCUT2D eigenvalue weighted by Crippen LogP contribution is -2.48. The number of aromatic nitrogens is 2. The zero-order valence-electron chi connectivity index (χ0n) is 35.4. The van der Waals surface area contributed by atoms with Gasteiger partial charge in [-0.3, -0.25) is 28.8 Å². The minimum Gasteiger partial charge on any atom is -0.520 e. The Hall–Kier alpha value is -5.10. The van der Waals surface area contributed by atoms with E-state index in [-0.39, 0.29) is 61.8 Å². The summed E-state index contributed by atoms with van der Waals surface area (Å²) in [5, 5.41) is 15.3. The van der Waals surface area contributed by atoms with Crippen molar-refractivity contribution in [3.63, 3.8) is 0 Å². The summed E-state index contributed by atoms with van der Waals surface area (Å²) < 4.78 is 16.9. The van der Waals surface area contributed by atoms with Crippen molar-refractivity contribution in [1.29, 1.82) is 0 Å². The van der Waals surface area contributed by atoms with Crippen molar-refractivity contribution in [3.05, 3.63) is 69.3 Å². The third-order valence-electron chi connectivity index (χ3n) is 9.05. The van der Waals surface area contributed by atoms with Crippen molar-refractivity contribution < 1.29 is 42.4 Å². The number of rotatable bonds is 18. The van der Waals surface area contributed by atoms with Crippen LogP contribution in [0, 0.1) is 12.3 Å². The van der Waals surface area contributed by atoms with Crippen LogP contribution in [0.2, 0.25) is 58.9 Å². The van der Waals surface area contributed by atoms with E-state index >= 15 is 0 Å². The number of carbonyl (C=O) groups excluding carboxylic acids is 5. The van der Waals surface area contributed by atoms with Crippen molar-refractivity contribution in [3.8, 4) is 12.3 Å². The van der Waals surface area contributed by atoms with Gasteiger partial charge in [0.25, 0.3) is 17.4 Å². The Kier molecular flexibility index (Phi) is 15.2. The van der Waals surface area contributed by atoms with Gasteiger partial charge in [-0.25, -0.2) is 4.98 Å². The second-order valence-corrected chi connectivity index (χ2v) is 30.8. The first-order valence-electron chi connectivity index (χ1n) is 19.7. The first kappa shape index (κ1) is 46.6. The van der Waals surface area contributed by atoms with Gasteiger partial charge in [0.15, 0.2) is 0 Å². The van der Waals surface area contributed by atoms with Gasteiger partial charge in [0.2, 0.25) is 30.9 Å². The highest BCUT2D eigenvalue weighted by molar-refractivity contribution is 6.72. The molecule has 0 aliphatic heterocycles. The summed E-state index contributed by atoms with van der Waals surface area (Å²) >= 11 is 0. The number of amides is 2. The maximum Gasteiger partial charge on any atom is 0.315 e. The first-order chi connectivity index (χ1) is 27.5. The van der Waals surface area contributed by atoms with Gasteiger partial charge in [0.05, 0.1) is 23.5 Å². The number of anilines is 1. The maximum atomic E-state index is 13.6. The van der Waals surface area contributed by atoms with Gasteiger partial charge in [0.1, 0.15) is 24.5 Å². The molecular formula is C41H57N5O10Si3. The second-order valence-electron chi connectivity index (χ2n) is 17.5. The number of aromatic amines is 1. The zero-order valence-corrected chi connectivity index (χ0v) is 38.4. The van der Waals surface area contributed by atoms with Crippen LogP contribution in [0.5, 0.6) is 0 Å². The van der Waals surface area contributed by atoms with Gasteiger partial charge >= 0.3 is 11.9 Å². The molecule has 59 heavy (non-hydrogen) atoms. The first-order valence-corrected chi connectivity index (χ1v) is 29.9. The number of aliphatic hydroxyl groups excluding tert-OH is 1. The van der Waals surface area contributed by atoms with E-state index in [1.807, 2.05) is 76.0 Å². The Balaban J connectivity index is 1.49. The number of H-pyrrole nitrogens is 1. The molecule has 3 aromatic rings. The molecule has 1 heterocycles. The molecule has 15 nitrogen and oxygen atoms in total. The van der Waals surface area contributed by atoms with Gasteiger partial charge in [-0.2, -0.15) is 0 Å². The molecule has 1 aromatic heterocycles. The molecule has 0 saturated heterocycles. The molecule has 1 aliphatic carbocycles. The van der Waals surface area contributed by atoms with Crippen LogP contribution in [0.15, 0.2) is 41.2 Å². The average molecular weight is 864 g/mol. The van der Waals surface area contributed by atoms with Crippen LogP contribution in [0.3, 0.4) is 0 Å². The fraction of sp³-hybridized carbons (Fsp3) is 0.488. The molecule has 1 aliphatic rings. The fourth-order valence-electron chi connectivity index (χ4n) is 6.63. The highest BCUT2D eigenvalue weighted by Crippen LogP contribution is 2.39. The number of nitrogens with one attached hydrogen (secondary N) is 3. The predicted octanol–water partition coefficient (Wildman–Crippen LogP) is 4.82. The molecule has 18 heteroatoms. The van der Waals surface area contributed by atoms with Crippen LogP contribution >= 0.6 is 0 Å². The summed E-state index contributed by atoms with van der Waals surface area (Å²) in [6.07, 6.45) is 6.76. The minimum atomic E-state index is -2.42. The van der Waals surface area contributed by atoms with E-state index in [4.69, 9.17) is 19.7 Å². The van der Waals surface area contributed by atoms with Crippen molar-refractivity contribution in [2.75, 3.05) is 11.4 Å². The summed E-state index contributed by atoms with van der Waals surface area (Å²) in [7, 11) is -6.93. The molecule has 0 saturated carbocycles. The minimum absolute atomic E-state index is 0.0292. The Morgan fingerprint density at radius 3 is 2.02 bits per heavy atom. The van der Waals surface area contributed by atoms with Gasteiger partial charge in [-0.15, -0.1) is 6.42 Å². The molecule has 3 atom stereocenters. The molecular weight excluding hydrogens is 807 g/mol. The summed E-state index contributed by atoms with van der Waals surface area (Å²) in [6, 6.07) is 7.99. The lowest BCUT2D eigenvalue weighted by molar-refractivity contribution is -0.142. The number of benzene rings is 2. The topological polar surface area (TPSA) is 206 Å². The van der Waals surface area contributed by atoms with Gasteiger partial charge < -0.3 is 38.9 Å². The molecule has 0 bridgehead atoms. The molecule has 0 spiro atoms. The van der Waals surface area contributed by atoms with Crippen molar-refractivity contribution >= 4 is 71.3 Å². The normalized spacial score (nSPS) is 15.0. The smallest absolute Gasteiger partial charge is 0.315 e. The van der Waals surface area contributed by atoms with E-state index in [1.165, 1.54) is 0 Å². The van der Waals surface area contributed by atoms with Crippen LogP contribution in [0.4, 0.5) is 5.69 Å². The van der Waals surface area contributed by atoms with Gasteiger partial charge in [0, 0.05) is 24.1 Å². The SMILES string of the molecule is C#CCN(c1ccc(C(=O)N[C@@H](CCC(=O)N[C@H](CCC(=O)O[Si](C)(C)C)C(=O)O[Si](C)(C)C)C(=O)O[Si](C)(C)C)cc1)[C@H]1CCc2cc3nc(CO)[nH]c(=O)c3cc21.